The lowest BCUT2D eigenvalue weighted by molar-refractivity contribution is -0.253. The standard InChI is InChI=1S/C46H50N2O6/c49-33-36-20-22-38(23-21-36)43-28-41(32-48(30-34-12-4-1-5-13-34)31-35-14-6-2-7-15-35)53-46(54-43)39-26-24-37(25-27-39)42-17-11-10-16-40(42)29-47-44(50)18-8-3-9-19-45(51)52/h1-2,4-7,10-17,20-27,41,43,46,49H,3,8-9,18-19,28-33H2,(H,47,50)(H,51,52)/t41-,43+,46+/m1/s1. The maximum atomic E-state index is 12.5. The molecule has 1 aliphatic heterocycles. The van der Waals surface area contributed by atoms with Gasteiger partial charge in [0, 0.05) is 51.0 Å². The number of amides is 1. The number of rotatable bonds is 18. The quantitative estimate of drug-likeness (QED) is 0.0776. The van der Waals surface area contributed by atoms with Crippen LogP contribution in [0.15, 0.2) is 133 Å². The normalized spacial score (nSPS) is 17.0. The van der Waals surface area contributed by atoms with E-state index in [0.717, 1.165) is 46.5 Å². The zero-order chi connectivity index (χ0) is 37.5. The predicted molar refractivity (Wildman–Crippen MR) is 210 cm³/mol. The molecule has 8 nitrogen and oxygen atoms in total. The highest BCUT2D eigenvalue weighted by Gasteiger charge is 2.33. The van der Waals surface area contributed by atoms with Crippen molar-refractivity contribution < 1.29 is 29.3 Å². The lowest BCUT2D eigenvalue weighted by atomic mass is 9.97. The van der Waals surface area contributed by atoms with Gasteiger partial charge in [-0.3, -0.25) is 14.5 Å². The number of aliphatic hydroxyl groups excluding tert-OH is 1. The van der Waals surface area contributed by atoms with Crippen LogP contribution in [0.25, 0.3) is 11.1 Å². The van der Waals surface area contributed by atoms with Crippen LogP contribution in [-0.4, -0.2) is 39.6 Å². The van der Waals surface area contributed by atoms with Gasteiger partial charge < -0.3 is 25.0 Å². The topological polar surface area (TPSA) is 108 Å². The number of benzene rings is 5. The molecule has 1 amide bonds. The van der Waals surface area contributed by atoms with Crippen LogP contribution in [0, 0.1) is 0 Å². The third-order valence-corrected chi connectivity index (χ3v) is 9.86. The molecule has 54 heavy (non-hydrogen) atoms. The van der Waals surface area contributed by atoms with Crippen molar-refractivity contribution in [2.24, 2.45) is 0 Å². The fourth-order valence-electron chi connectivity index (χ4n) is 6.99. The first-order valence-corrected chi connectivity index (χ1v) is 18.9. The number of nitrogens with zero attached hydrogens (tertiary/aromatic N) is 1. The van der Waals surface area contributed by atoms with Gasteiger partial charge in [0.1, 0.15) is 0 Å². The van der Waals surface area contributed by atoms with Crippen molar-refractivity contribution in [2.45, 2.75) is 83.3 Å². The Morgan fingerprint density at radius 1 is 0.667 bits per heavy atom. The van der Waals surface area contributed by atoms with E-state index in [1.54, 1.807) is 0 Å². The van der Waals surface area contributed by atoms with E-state index in [1.807, 2.05) is 54.6 Å². The third-order valence-electron chi connectivity index (χ3n) is 9.86. The van der Waals surface area contributed by atoms with Crippen molar-refractivity contribution in [3.05, 3.63) is 167 Å². The number of hydrogen-bond acceptors (Lipinski definition) is 6. The molecule has 3 atom stereocenters. The smallest absolute Gasteiger partial charge is 0.303 e. The van der Waals surface area contributed by atoms with E-state index in [4.69, 9.17) is 14.6 Å². The summed E-state index contributed by atoms with van der Waals surface area (Å²) in [6.45, 7) is 2.69. The Kier molecular flexibility index (Phi) is 14.2. The monoisotopic (exact) mass is 726 g/mol. The second kappa shape index (κ2) is 19.8. The van der Waals surface area contributed by atoms with Crippen molar-refractivity contribution in [2.75, 3.05) is 6.54 Å². The van der Waals surface area contributed by atoms with Gasteiger partial charge >= 0.3 is 5.97 Å². The van der Waals surface area contributed by atoms with Gasteiger partial charge in [-0.25, -0.2) is 0 Å². The number of unbranched alkanes of at least 4 members (excludes halogenated alkanes) is 2. The Labute approximate surface area is 318 Å². The van der Waals surface area contributed by atoms with E-state index in [9.17, 15) is 14.7 Å². The van der Waals surface area contributed by atoms with Crippen molar-refractivity contribution in [1.82, 2.24) is 10.2 Å². The molecule has 8 heteroatoms. The Morgan fingerprint density at radius 2 is 1.28 bits per heavy atom. The highest BCUT2D eigenvalue weighted by atomic mass is 16.7. The summed E-state index contributed by atoms with van der Waals surface area (Å²) in [5.41, 5.74) is 8.40. The minimum Gasteiger partial charge on any atom is -0.481 e. The van der Waals surface area contributed by atoms with Crippen LogP contribution in [0.3, 0.4) is 0 Å². The predicted octanol–water partition coefficient (Wildman–Crippen LogP) is 8.75. The minimum absolute atomic E-state index is 0.00781. The van der Waals surface area contributed by atoms with Gasteiger partial charge in [-0.2, -0.15) is 0 Å². The number of carbonyl (C=O) groups is 2. The zero-order valence-electron chi connectivity index (χ0n) is 30.7. The lowest BCUT2D eigenvalue weighted by Gasteiger charge is -2.38. The van der Waals surface area contributed by atoms with E-state index in [-0.39, 0.29) is 31.1 Å². The SMILES string of the molecule is O=C(O)CCCCCC(=O)NCc1ccccc1-c1ccc([C@H]2O[C@@H](CN(Cc3ccccc3)Cc3ccccc3)C[C@@H](c3ccc(CO)cc3)O2)cc1. The molecule has 1 saturated heterocycles. The zero-order valence-corrected chi connectivity index (χ0v) is 30.7. The number of carbonyl (C=O) groups excluding carboxylic acids is 1. The van der Waals surface area contributed by atoms with Crippen molar-refractivity contribution in [1.29, 1.82) is 0 Å². The first-order valence-electron chi connectivity index (χ1n) is 18.9. The van der Waals surface area contributed by atoms with Gasteiger partial charge in [-0.15, -0.1) is 0 Å². The van der Waals surface area contributed by atoms with Crippen LogP contribution in [0.4, 0.5) is 0 Å². The van der Waals surface area contributed by atoms with Gasteiger partial charge in [0.05, 0.1) is 18.8 Å². The molecular formula is C46H50N2O6. The molecule has 1 fully saturated rings. The Balaban J connectivity index is 1.17. The van der Waals surface area contributed by atoms with Crippen LogP contribution in [-0.2, 0) is 45.3 Å². The summed E-state index contributed by atoms with van der Waals surface area (Å²) in [5, 5.41) is 21.5. The van der Waals surface area contributed by atoms with Crippen molar-refractivity contribution in [3.8, 4) is 11.1 Å². The fourth-order valence-corrected chi connectivity index (χ4v) is 6.99. The van der Waals surface area contributed by atoms with Gasteiger partial charge in [0.15, 0.2) is 6.29 Å². The van der Waals surface area contributed by atoms with E-state index in [1.165, 1.54) is 11.1 Å². The molecule has 3 N–H and O–H groups in total. The lowest BCUT2D eigenvalue weighted by Crippen LogP contribution is -2.39. The summed E-state index contributed by atoms with van der Waals surface area (Å²) >= 11 is 0. The van der Waals surface area contributed by atoms with Crippen LogP contribution in [0.5, 0.6) is 0 Å². The minimum atomic E-state index is -0.804. The van der Waals surface area contributed by atoms with E-state index in [2.05, 4.69) is 89.1 Å². The van der Waals surface area contributed by atoms with Gasteiger partial charge in [0.2, 0.25) is 5.91 Å². The van der Waals surface area contributed by atoms with Crippen LogP contribution in [0.2, 0.25) is 0 Å². The molecule has 280 valence electrons. The Hall–Kier alpha value is -5.12. The maximum Gasteiger partial charge on any atom is 0.303 e. The highest BCUT2D eigenvalue weighted by Crippen LogP contribution is 2.39. The average molecular weight is 727 g/mol. The maximum absolute atomic E-state index is 12.5. The number of ether oxygens (including phenoxy) is 2. The average Bonchev–Trinajstić information content (AvgIpc) is 3.20. The van der Waals surface area contributed by atoms with E-state index in [0.29, 0.717) is 45.2 Å². The Morgan fingerprint density at radius 3 is 1.93 bits per heavy atom. The summed E-state index contributed by atoms with van der Waals surface area (Å²) in [7, 11) is 0. The molecule has 1 heterocycles. The van der Waals surface area contributed by atoms with Gasteiger partial charge in [-0.1, -0.05) is 140 Å². The molecular weight excluding hydrogens is 677 g/mol. The molecule has 0 spiro atoms. The second-order valence-corrected chi connectivity index (χ2v) is 14.0. The molecule has 5 aromatic rings. The molecule has 1 aliphatic rings. The van der Waals surface area contributed by atoms with E-state index < -0.39 is 12.3 Å². The second-order valence-electron chi connectivity index (χ2n) is 14.0. The molecule has 0 radical (unpaired) electrons. The molecule has 0 saturated carbocycles. The van der Waals surface area contributed by atoms with Gasteiger partial charge in [-0.05, 0) is 51.8 Å². The molecule has 5 aromatic carbocycles. The summed E-state index contributed by atoms with van der Waals surface area (Å²) in [5.74, 6) is -0.842. The fraction of sp³-hybridized carbons (Fsp3) is 0.304. The summed E-state index contributed by atoms with van der Waals surface area (Å²) in [4.78, 5) is 25.7. The third kappa shape index (κ3) is 11.4. The number of carboxylic acid groups (broad SMARTS) is 1. The van der Waals surface area contributed by atoms with Crippen LogP contribution < -0.4 is 5.32 Å². The molecule has 0 aliphatic carbocycles. The summed E-state index contributed by atoms with van der Waals surface area (Å²) < 4.78 is 13.5. The first-order chi connectivity index (χ1) is 26.4. The van der Waals surface area contributed by atoms with Crippen molar-refractivity contribution in [3.63, 3.8) is 0 Å². The van der Waals surface area contributed by atoms with Crippen LogP contribution >= 0.6 is 0 Å². The first kappa shape index (κ1) is 38.6. The molecule has 0 aromatic heterocycles. The molecule has 0 unspecified atom stereocenters. The number of nitrogens with one attached hydrogen (secondary N) is 1. The highest BCUT2D eigenvalue weighted by molar-refractivity contribution is 5.76. The largest absolute Gasteiger partial charge is 0.481 e. The molecule has 0 bridgehead atoms. The van der Waals surface area contributed by atoms with Gasteiger partial charge in [0.25, 0.3) is 0 Å². The number of aliphatic hydroxyl groups is 1. The number of aliphatic carboxylic acids is 1. The van der Waals surface area contributed by atoms with Crippen molar-refractivity contribution >= 4 is 11.9 Å². The van der Waals surface area contributed by atoms with Crippen LogP contribution in [0.1, 0.15) is 84.3 Å². The number of carboxylic acids is 1. The Bertz CT molecular complexity index is 1860. The summed E-state index contributed by atoms with van der Waals surface area (Å²) in [6.07, 6.45) is 2.28. The van der Waals surface area contributed by atoms with E-state index >= 15 is 0 Å². The summed E-state index contributed by atoms with van der Waals surface area (Å²) in [6, 6.07) is 45.4. The number of hydrogen-bond donors (Lipinski definition) is 3. The molecule has 6 rings (SSSR count).